The van der Waals surface area contributed by atoms with E-state index >= 15 is 0 Å². The van der Waals surface area contributed by atoms with Crippen molar-refractivity contribution in [3.05, 3.63) is 29.0 Å². The molecular formula is C10H11BrN2O. The van der Waals surface area contributed by atoms with Gasteiger partial charge >= 0.3 is 0 Å². The fraction of sp³-hybridized carbons (Fsp3) is 0.500. The second-order valence-electron chi connectivity index (χ2n) is 3.86. The van der Waals surface area contributed by atoms with E-state index in [0.717, 1.165) is 23.9 Å². The van der Waals surface area contributed by atoms with Crippen molar-refractivity contribution in [1.29, 1.82) is 0 Å². The Morgan fingerprint density at radius 1 is 1.64 bits per heavy atom. The maximum absolute atomic E-state index is 5.77. The molecule has 1 spiro atoms. The highest BCUT2D eigenvalue weighted by atomic mass is 79.9. The van der Waals surface area contributed by atoms with E-state index in [1.807, 2.05) is 17.1 Å². The number of nitrogens with zero attached hydrogens (tertiary/aromatic N) is 2. The summed E-state index contributed by atoms with van der Waals surface area (Å²) in [6.45, 7) is 0.749. The molecule has 2 heterocycles. The molecule has 14 heavy (non-hydrogen) atoms. The Kier molecular flexibility index (Phi) is 1.82. The number of hydrogen-bond acceptors (Lipinski definition) is 2. The predicted molar refractivity (Wildman–Crippen MR) is 56.0 cm³/mol. The summed E-state index contributed by atoms with van der Waals surface area (Å²) in [5, 5.41) is 4.31. The normalized spacial score (nSPS) is 35.1. The summed E-state index contributed by atoms with van der Waals surface area (Å²) in [6.07, 6.45) is 10.4. The first-order valence-corrected chi connectivity index (χ1v) is 5.61. The molecule has 1 aromatic rings. The van der Waals surface area contributed by atoms with Gasteiger partial charge in [-0.05, 0) is 28.8 Å². The van der Waals surface area contributed by atoms with E-state index in [9.17, 15) is 0 Å². The summed E-state index contributed by atoms with van der Waals surface area (Å²) in [4.78, 5) is 0. The zero-order valence-corrected chi connectivity index (χ0v) is 9.27. The molecule has 0 aromatic carbocycles. The molecule has 0 saturated heterocycles. The lowest BCUT2D eigenvalue weighted by Gasteiger charge is -2.44. The van der Waals surface area contributed by atoms with Crippen molar-refractivity contribution in [2.45, 2.75) is 24.5 Å². The quantitative estimate of drug-likeness (QED) is 0.720. The molecular weight excluding hydrogens is 244 g/mol. The summed E-state index contributed by atoms with van der Waals surface area (Å²) < 4.78 is 8.80. The molecule has 74 valence electrons. The van der Waals surface area contributed by atoms with E-state index in [4.69, 9.17) is 4.74 Å². The molecule has 0 amide bonds. The third-order valence-corrected chi connectivity index (χ3v) is 3.52. The Morgan fingerprint density at radius 2 is 2.57 bits per heavy atom. The minimum atomic E-state index is -0.0501. The third kappa shape index (κ3) is 1.10. The van der Waals surface area contributed by atoms with Crippen LogP contribution in [0.2, 0.25) is 0 Å². The molecule has 0 radical (unpaired) electrons. The van der Waals surface area contributed by atoms with Crippen LogP contribution in [0.1, 0.15) is 18.9 Å². The van der Waals surface area contributed by atoms with E-state index < -0.39 is 0 Å². The standard InChI is InChI=1S/C10H11BrN2O/c11-8-6-12-13(7-8)9-2-4-10(9)3-1-5-14-10/h1,3,6-7,9H,2,4-5H2/t9-,10-/m1/s1. The van der Waals surface area contributed by atoms with Crippen molar-refractivity contribution < 1.29 is 4.74 Å². The molecule has 2 atom stereocenters. The number of hydrogen-bond donors (Lipinski definition) is 0. The average molecular weight is 255 g/mol. The minimum absolute atomic E-state index is 0.0501. The lowest BCUT2D eigenvalue weighted by atomic mass is 9.75. The van der Waals surface area contributed by atoms with Gasteiger partial charge in [0.1, 0.15) is 5.60 Å². The van der Waals surface area contributed by atoms with Crippen LogP contribution in [-0.2, 0) is 4.74 Å². The van der Waals surface area contributed by atoms with Gasteiger partial charge in [-0.15, -0.1) is 0 Å². The number of rotatable bonds is 1. The van der Waals surface area contributed by atoms with Crippen LogP contribution in [0.4, 0.5) is 0 Å². The van der Waals surface area contributed by atoms with Gasteiger partial charge in [-0.1, -0.05) is 12.2 Å². The number of ether oxygens (including phenoxy) is 1. The van der Waals surface area contributed by atoms with Gasteiger partial charge in [0.2, 0.25) is 0 Å². The monoisotopic (exact) mass is 254 g/mol. The van der Waals surface area contributed by atoms with Crippen LogP contribution in [0, 0.1) is 0 Å². The molecule has 2 aliphatic rings. The topological polar surface area (TPSA) is 27.1 Å². The maximum atomic E-state index is 5.77. The molecule has 3 nitrogen and oxygen atoms in total. The Labute approximate surface area is 90.9 Å². The third-order valence-electron chi connectivity index (χ3n) is 3.11. The first kappa shape index (κ1) is 8.68. The zero-order valence-electron chi connectivity index (χ0n) is 7.69. The average Bonchev–Trinajstić information content (AvgIpc) is 2.73. The van der Waals surface area contributed by atoms with Gasteiger partial charge in [0.25, 0.3) is 0 Å². The predicted octanol–water partition coefficient (Wildman–Crippen LogP) is 2.31. The molecule has 0 bridgehead atoms. The molecule has 3 rings (SSSR count). The Hall–Kier alpha value is -0.610. The summed E-state index contributed by atoms with van der Waals surface area (Å²) >= 11 is 3.41. The zero-order chi connectivity index (χ0) is 9.60. The van der Waals surface area contributed by atoms with Crippen molar-refractivity contribution in [1.82, 2.24) is 9.78 Å². The van der Waals surface area contributed by atoms with Crippen molar-refractivity contribution in [2.75, 3.05) is 6.61 Å². The van der Waals surface area contributed by atoms with Gasteiger partial charge in [0.05, 0.1) is 23.3 Å². The Morgan fingerprint density at radius 3 is 3.07 bits per heavy atom. The molecule has 1 fully saturated rings. The van der Waals surface area contributed by atoms with Crippen LogP contribution in [0.15, 0.2) is 29.0 Å². The number of halogens is 1. The van der Waals surface area contributed by atoms with Gasteiger partial charge < -0.3 is 4.74 Å². The van der Waals surface area contributed by atoms with Gasteiger partial charge in [-0.3, -0.25) is 4.68 Å². The van der Waals surface area contributed by atoms with Gasteiger partial charge in [-0.2, -0.15) is 5.10 Å². The SMILES string of the molecule is Brc1cnn([C@@H]2CC[C@]23C=CCO3)c1. The molecule has 0 N–H and O–H groups in total. The van der Waals surface area contributed by atoms with E-state index in [0.29, 0.717) is 6.04 Å². The first-order valence-electron chi connectivity index (χ1n) is 4.81. The number of aromatic nitrogens is 2. The first-order chi connectivity index (χ1) is 6.80. The van der Waals surface area contributed by atoms with Crippen LogP contribution in [-0.4, -0.2) is 22.0 Å². The molecule has 1 aliphatic heterocycles. The Bertz CT molecular complexity index is 387. The van der Waals surface area contributed by atoms with Crippen LogP contribution >= 0.6 is 15.9 Å². The summed E-state index contributed by atoms with van der Waals surface area (Å²) in [6, 6.07) is 0.382. The molecule has 0 unspecified atom stereocenters. The highest BCUT2D eigenvalue weighted by Crippen LogP contribution is 2.48. The van der Waals surface area contributed by atoms with Crippen molar-refractivity contribution in [2.24, 2.45) is 0 Å². The van der Waals surface area contributed by atoms with E-state index in [1.54, 1.807) is 0 Å². The van der Waals surface area contributed by atoms with Crippen LogP contribution < -0.4 is 0 Å². The molecule has 1 saturated carbocycles. The van der Waals surface area contributed by atoms with Gasteiger partial charge in [-0.25, -0.2) is 0 Å². The Balaban J connectivity index is 1.90. The fourth-order valence-corrected chi connectivity index (χ4v) is 2.56. The van der Waals surface area contributed by atoms with Gasteiger partial charge in [0.15, 0.2) is 0 Å². The van der Waals surface area contributed by atoms with Gasteiger partial charge in [0, 0.05) is 6.20 Å². The van der Waals surface area contributed by atoms with Crippen molar-refractivity contribution in [3.63, 3.8) is 0 Å². The lowest BCUT2D eigenvalue weighted by molar-refractivity contribution is -0.0829. The van der Waals surface area contributed by atoms with Crippen LogP contribution in [0.25, 0.3) is 0 Å². The summed E-state index contributed by atoms with van der Waals surface area (Å²) in [7, 11) is 0. The van der Waals surface area contributed by atoms with Crippen LogP contribution in [0.3, 0.4) is 0 Å². The highest BCUT2D eigenvalue weighted by molar-refractivity contribution is 9.10. The van der Waals surface area contributed by atoms with E-state index in [2.05, 4.69) is 33.2 Å². The second-order valence-corrected chi connectivity index (χ2v) is 4.78. The van der Waals surface area contributed by atoms with Crippen molar-refractivity contribution in [3.8, 4) is 0 Å². The lowest BCUT2D eigenvalue weighted by Crippen LogP contribution is -2.47. The summed E-state index contributed by atoms with van der Waals surface area (Å²) in [5.41, 5.74) is -0.0501. The van der Waals surface area contributed by atoms with Crippen molar-refractivity contribution >= 4 is 15.9 Å². The minimum Gasteiger partial charge on any atom is -0.365 e. The molecule has 4 heteroatoms. The molecule has 1 aromatic heterocycles. The van der Waals surface area contributed by atoms with E-state index in [-0.39, 0.29) is 5.60 Å². The second kappa shape index (κ2) is 2.94. The maximum Gasteiger partial charge on any atom is 0.109 e. The largest absolute Gasteiger partial charge is 0.365 e. The summed E-state index contributed by atoms with van der Waals surface area (Å²) in [5.74, 6) is 0. The molecule has 1 aliphatic carbocycles. The smallest absolute Gasteiger partial charge is 0.109 e. The van der Waals surface area contributed by atoms with Crippen LogP contribution in [0.5, 0.6) is 0 Å². The highest BCUT2D eigenvalue weighted by Gasteiger charge is 2.49. The van der Waals surface area contributed by atoms with E-state index in [1.165, 1.54) is 0 Å². The fourth-order valence-electron chi connectivity index (χ4n) is 2.26.